The summed E-state index contributed by atoms with van der Waals surface area (Å²) in [5.41, 5.74) is 2.05. The Morgan fingerprint density at radius 2 is 1.59 bits per heavy atom. The number of rotatable bonds is 3. The summed E-state index contributed by atoms with van der Waals surface area (Å²) < 4.78 is 38.5. The van der Waals surface area contributed by atoms with Gasteiger partial charge in [-0.2, -0.15) is 13.2 Å². The van der Waals surface area contributed by atoms with E-state index >= 15 is 0 Å². The maximum atomic E-state index is 13.2. The number of halogens is 3. The van der Waals surface area contributed by atoms with Crippen molar-refractivity contribution >= 4 is 41.0 Å². The maximum Gasteiger partial charge on any atom is 0.416 e. The minimum Gasteiger partial charge on any atom is -0.368 e. The molecule has 0 aliphatic carbocycles. The normalized spacial score (nSPS) is 17.2. The number of carbonyl (C=O) groups excluding carboxylic acids is 2. The number of alkyl halides is 3. The van der Waals surface area contributed by atoms with Crippen LogP contribution < -0.4 is 9.80 Å². The number of piperazine rings is 1. The molecule has 0 aromatic heterocycles. The molecule has 1 saturated heterocycles. The van der Waals surface area contributed by atoms with Gasteiger partial charge in [-0.05, 0) is 54.1 Å². The molecule has 0 N–H and O–H groups in total. The number of hydrogen-bond acceptors (Lipinski definition) is 4. The second kappa shape index (κ2) is 9.97. The second-order valence-corrected chi connectivity index (χ2v) is 9.98. The zero-order valence-corrected chi connectivity index (χ0v) is 20.9. The monoisotopic (exact) mass is 523 g/mol. The van der Waals surface area contributed by atoms with Gasteiger partial charge in [0, 0.05) is 49.4 Å². The summed E-state index contributed by atoms with van der Waals surface area (Å²) in [5.74, 6) is -0.356. The van der Waals surface area contributed by atoms with E-state index in [-0.39, 0.29) is 11.8 Å². The number of amides is 2. The summed E-state index contributed by atoms with van der Waals surface area (Å²) in [7, 11) is 1.63. The van der Waals surface area contributed by atoms with E-state index < -0.39 is 11.7 Å². The predicted octanol–water partition coefficient (Wildman–Crippen LogP) is 5.78. The molecule has 0 saturated carbocycles. The van der Waals surface area contributed by atoms with Crippen LogP contribution >= 0.6 is 11.8 Å². The van der Waals surface area contributed by atoms with Crippen LogP contribution in [0, 0.1) is 0 Å². The van der Waals surface area contributed by atoms with Crippen molar-refractivity contribution in [1.29, 1.82) is 0 Å². The molecule has 190 valence electrons. The van der Waals surface area contributed by atoms with Gasteiger partial charge in [-0.1, -0.05) is 42.1 Å². The molecule has 0 unspecified atom stereocenters. The van der Waals surface area contributed by atoms with E-state index in [0.29, 0.717) is 34.8 Å². The number of para-hydroxylation sites is 1. The van der Waals surface area contributed by atoms with Gasteiger partial charge >= 0.3 is 6.18 Å². The van der Waals surface area contributed by atoms with Crippen LogP contribution in [0.15, 0.2) is 82.6 Å². The van der Waals surface area contributed by atoms with Gasteiger partial charge in [0.15, 0.2) is 0 Å². The first-order chi connectivity index (χ1) is 17.7. The van der Waals surface area contributed by atoms with Crippen LogP contribution in [0.5, 0.6) is 0 Å². The van der Waals surface area contributed by atoms with Gasteiger partial charge in [-0.3, -0.25) is 9.59 Å². The van der Waals surface area contributed by atoms with Crippen LogP contribution in [0.25, 0.3) is 6.08 Å². The lowest BCUT2D eigenvalue weighted by atomic mass is 10.1. The minimum atomic E-state index is -4.41. The zero-order valence-electron chi connectivity index (χ0n) is 20.0. The van der Waals surface area contributed by atoms with E-state index in [1.807, 2.05) is 29.2 Å². The number of hydrogen-bond donors (Lipinski definition) is 0. The summed E-state index contributed by atoms with van der Waals surface area (Å²) in [4.78, 5) is 33.0. The largest absolute Gasteiger partial charge is 0.416 e. The van der Waals surface area contributed by atoms with Crippen molar-refractivity contribution in [3.05, 3.63) is 94.4 Å². The molecule has 0 radical (unpaired) electrons. The Kier molecular flexibility index (Phi) is 6.72. The van der Waals surface area contributed by atoms with Crippen molar-refractivity contribution in [2.24, 2.45) is 0 Å². The highest BCUT2D eigenvalue weighted by Crippen LogP contribution is 2.42. The Morgan fingerprint density at radius 1 is 0.919 bits per heavy atom. The van der Waals surface area contributed by atoms with E-state index in [9.17, 15) is 22.8 Å². The predicted molar refractivity (Wildman–Crippen MR) is 140 cm³/mol. The van der Waals surface area contributed by atoms with Gasteiger partial charge in [0.2, 0.25) is 0 Å². The molecule has 0 spiro atoms. The number of fused-ring (bicyclic) bond motifs is 1. The van der Waals surface area contributed by atoms with Crippen LogP contribution in [0.2, 0.25) is 0 Å². The standard InChI is InChI=1S/C28H24F3N3O2S/c1-32-23-18-20(26(35)34-15-13-33(14-16-34)22-5-3-2-4-6-22)9-12-24(23)37-25(27(32)36)17-19-7-10-21(11-8-19)28(29,30)31/h2-12,17-18H,13-16H2,1H3. The van der Waals surface area contributed by atoms with Gasteiger partial charge in [0.1, 0.15) is 0 Å². The highest BCUT2D eigenvalue weighted by molar-refractivity contribution is 8.04. The Balaban J connectivity index is 1.30. The van der Waals surface area contributed by atoms with Gasteiger partial charge < -0.3 is 14.7 Å². The summed E-state index contributed by atoms with van der Waals surface area (Å²) >= 11 is 1.24. The molecule has 0 bridgehead atoms. The average molecular weight is 524 g/mol. The van der Waals surface area contributed by atoms with Crippen LogP contribution in [0.3, 0.4) is 0 Å². The fourth-order valence-electron chi connectivity index (χ4n) is 4.44. The Labute approximate surface area is 217 Å². The van der Waals surface area contributed by atoms with Gasteiger partial charge in [-0.25, -0.2) is 0 Å². The quantitative estimate of drug-likeness (QED) is 0.409. The fourth-order valence-corrected chi connectivity index (χ4v) is 5.53. The molecule has 5 rings (SSSR count). The van der Waals surface area contributed by atoms with Crippen LogP contribution in [-0.4, -0.2) is 49.9 Å². The Bertz CT molecular complexity index is 1350. The van der Waals surface area contributed by atoms with Crippen LogP contribution in [0.1, 0.15) is 21.5 Å². The topological polar surface area (TPSA) is 43.9 Å². The van der Waals surface area contributed by atoms with Crippen LogP contribution in [0.4, 0.5) is 24.5 Å². The molecule has 5 nitrogen and oxygen atoms in total. The van der Waals surface area contributed by atoms with Crippen molar-refractivity contribution in [2.75, 3.05) is 43.0 Å². The number of thioether (sulfide) groups is 1. The number of likely N-dealkylation sites (N-methyl/N-ethyl adjacent to an activating group) is 1. The molecule has 37 heavy (non-hydrogen) atoms. The smallest absolute Gasteiger partial charge is 0.368 e. The third-order valence-corrected chi connectivity index (χ3v) is 7.60. The average Bonchev–Trinajstić information content (AvgIpc) is 2.91. The zero-order chi connectivity index (χ0) is 26.2. The molecule has 3 aromatic rings. The van der Waals surface area contributed by atoms with Crippen molar-refractivity contribution in [3.63, 3.8) is 0 Å². The van der Waals surface area contributed by atoms with E-state index in [1.165, 1.54) is 28.8 Å². The minimum absolute atomic E-state index is 0.0764. The molecule has 2 amide bonds. The number of anilines is 2. The fraction of sp³-hybridized carbons (Fsp3) is 0.214. The lowest BCUT2D eigenvalue weighted by molar-refractivity contribution is -0.137. The summed E-state index contributed by atoms with van der Waals surface area (Å²) in [6.45, 7) is 2.70. The molecule has 2 heterocycles. The molecular weight excluding hydrogens is 499 g/mol. The van der Waals surface area contributed by atoms with Gasteiger partial charge in [0.25, 0.3) is 11.8 Å². The van der Waals surface area contributed by atoms with E-state index in [1.54, 1.807) is 25.3 Å². The second-order valence-electron chi connectivity index (χ2n) is 8.89. The Morgan fingerprint density at radius 3 is 2.24 bits per heavy atom. The Hall–Kier alpha value is -3.72. The van der Waals surface area contributed by atoms with Crippen molar-refractivity contribution in [1.82, 2.24) is 4.90 Å². The maximum absolute atomic E-state index is 13.2. The lowest BCUT2D eigenvalue weighted by Gasteiger charge is -2.36. The number of benzene rings is 3. The third-order valence-electron chi connectivity index (χ3n) is 6.53. The molecule has 9 heteroatoms. The first kappa shape index (κ1) is 25.0. The third kappa shape index (κ3) is 5.22. The SMILES string of the molecule is CN1C(=O)C(=Cc2ccc(C(F)(F)F)cc2)Sc2ccc(C(=O)N3CCN(c4ccccc4)CC3)cc21. The van der Waals surface area contributed by atoms with E-state index in [4.69, 9.17) is 0 Å². The van der Waals surface area contributed by atoms with Crippen molar-refractivity contribution < 1.29 is 22.8 Å². The van der Waals surface area contributed by atoms with Gasteiger partial charge in [0.05, 0.1) is 16.2 Å². The molecular formula is C28H24F3N3O2S. The number of nitrogens with zero attached hydrogens (tertiary/aromatic N) is 3. The highest BCUT2D eigenvalue weighted by atomic mass is 32.2. The van der Waals surface area contributed by atoms with E-state index in [2.05, 4.69) is 17.0 Å². The molecule has 2 aliphatic heterocycles. The van der Waals surface area contributed by atoms with Crippen molar-refractivity contribution in [2.45, 2.75) is 11.1 Å². The summed E-state index contributed by atoms with van der Waals surface area (Å²) in [5, 5.41) is 0. The van der Waals surface area contributed by atoms with Crippen molar-refractivity contribution in [3.8, 4) is 0 Å². The molecule has 1 fully saturated rings. The summed E-state index contributed by atoms with van der Waals surface area (Å²) in [6, 6.07) is 20.1. The molecule has 0 atom stereocenters. The first-order valence-corrected chi connectivity index (χ1v) is 12.6. The molecule has 3 aromatic carbocycles. The molecule has 2 aliphatic rings. The lowest BCUT2D eigenvalue weighted by Crippen LogP contribution is -2.48. The summed E-state index contributed by atoms with van der Waals surface area (Å²) in [6.07, 6.45) is -2.83. The highest BCUT2D eigenvalue weighted by Gasteiger charge is 2.31. The van der Waals surface area contributed by atoms with Gasteiger partial charge in [-0.15, -0.1) is 0 Å². The number of carbonyl (C=O) groups is 2. The van der Waals surface area contributed by atoms with E-state index in [0.717, 1.165) is 35.8 Å². The van der Waals surface area contributed by atoms with Crippen LogP contribution in [-0.2, 0) is 11.0 Å². The first-order valence-electron chi connectivity index (χ1n) is 11.8.